The molecule has 0 radical (unpaired) electrons. The normalized spacial score (nSPS) is 11.7. The summed E-state index contributed by atoms with van der Waals surface area (Å²) in [6.07, 6.45) is 1.86. The van der Waals surface area contributed by atoms with E-state index < -0.39 is 5.60 Å². The second-order valence-corrected chi connectivity index (χ2v) is 10.2. The van der Waals surface area contributed by atoms with E-state index >= 15 is 0 Å². The summed E-state index contributed by atoms with van der Waals surface area (Å²) in [5.41, 5.74) is 4.76. The average Bonchev–Trinajstić information content (AvgIpc) is 3.09. The number of nitrogens with zero attached hydrogens (tertiary/aromatic N) is 2. The topological polar surface area (TPSA) is 44.1 Å². The summed E-state index contributed by atoms with van der Waals surface area (Å²) < 4.78 is 7.80. The maximum atomic E-state index is 12.8. The molecule has 0 saturated heterocycles. The number of fused-ring (bicyclic) bond motifs is 1. The molecule has 4 aromatic rings. The van der Waals surface area contributed by atoms with Gasteiger partial charge < -0.3 is 9.30 Å². The van der Waals surface area contributed by atoms with Gasteiger partial charge in [-0.2, -0.15) is 0 Å². The minimum atomic E-state index is -0.551. The van der Waals surface area contributed by atoms with E-state index in [0.29, 0.717) is 22.2 Å². The molecule has 0 N–H and O–H groups in total. The van der Waals surface area contributed by atoms with Crippen LogP contribution in [0.15, 0.2) is 60.7 Å². The van der Waals surface area contributed by atoms with Gasteiger partial charge in [0.1, 0.15) is 11.4 Å². The molecule has 0 aliphatic rings. The Balaban J connectivity index is 1.66. The molecule has 1 heterocycles. The molecule has 6 heteroatoms. The number of rotatable bonds is 6. The van der Waals surface area contributed by atoms with E-state index in [1.54, 1.807) is 6.07 Å². The third-order valence-electron chi connectivity index (χ3n) is 5.49. The molecule has 0 fully saturated rings. The largest absolute Gasteiger partial charge is 0.456 e. The number of imidazole rings is 1. The first-order valence-electron chi connectivity index (χ1n) is 11.4. The fraction of sp³-hybridized carbons (Fsp3) is 0.286. The molecule has 0 amide bonds. The Morgan fingerprint density at radius 1 is 1.00 bits per heavy atom. The molecule has 4 rings (SSSR count). The van der Waals surface area contributed by atoms with E-state index in [-0.39, 0.29) is 5.97 Å². The van der Waals surface area contributed by atoms with Crippen LogP contribution in [0.2, 0.25) is 10.0 Å². The van der Waals surface area contributed by atoms with Gasteiger partial charge in [-0.1, -0.05) is 72.6 Å². The number of carbonyl (C=O) groups is 1. The van der Waals surface area contributed by atoms with Crippen LogP contribution in [-0.2, 0) is 17.7 Å². The zero-order valence-corrected chi connectivity index (χ0v) is 21.4. The number of esters is 1. The number of aromatic nitrogens is 2. The van der Waals surface area contributed by atoms with Crippen molar-refractivity contribution < 1.29 is 9.53 Å². The number of halogens is 2. The molecule has 0 saturated carbocycles. The van der Waals surface area contributed by atoms with Gasteiger partial charge in [0.05, 0.1) is 26.6 Å². The van der Waals surface area contributed by atoms with Gasteiger partial charge in [-0.05, 0) is 62.1 Å². The van der Waals surface area contributed by atoms with E-state index in [9.17, 15) is 4.79 Å². The first-order valence-corrected chi connectivity index (χ1v) is 12.2. The molecule has 3 aromatic carbocycles. The SMILES string of the molecule is CCCc1nc2cc(Cl)c(Cl)cc2n1Cc1ccc(-c2ccccc2C(=O)OC(C)(C)C)cc1. The Labute approximate surface area is 210 Å². The van der Waals surface area contributed by atoms with Crippen molar-refractivity contribution >= 4 is 40.2 Å². The van der Waals surface area contributed by atoms with Crippen molar-refractivity contribution in [2.75, 3.05) is 0 Å². The van der Waals surface area contributed by atoms with Crippen LogP contribution in [0.4, 0.5) is 0 Å². The van der Waals surface area contributed by atoms with Crippen molar-refractivity contribution in [1.82, 2.24) is 9.55 Å². The lowest BCUT2D eigenvalue weighted by atomic mass is 9.98. The summed E-state index contributed by atoms with van der Waals surface area (Å²) in [5.74, 6) is 0.687. The second kappa shape index (κ2) is 9.81. The molecular weight excluding hydrogens is 467 g/mol. The van der Waals surface area contributed by atoms with Crippen LogP contribution in [0.3, 0.4) is 0 Å². The highest BCUT2D eigenvalue weighted by atomic mass is 35.5. The molecule has 0 spiro atoms. The number of carbonyl (C=O) groups excluding carboxylic acids is 1. The Morgan fingerprint density at radius 2 is 1.68 bits per heavy atom. The minimum absolute atomic E-state index is 0.322. The van der Waals surface area contributed by atoms with Crippen LogP contribution >= 0.6 is 23.2 Å². The Hall–Kier alpha value is -2.82. The Kier molecular flexibility index (Phi) is 7.01. The highest BCUT2D eigenvalue weighted by Crippen LogP contribution is 2.30. The third kappa shape index (κ3) is 5.29. The zero-order valence-electron chi connectivity index (χ0n) is 19.9. The van der Waals surface area contributed by atoms with E-state index in [1.807, 2.05) is 63.2 Å². The quantitative estimate of drug-likeness (QED) is 0.255. The van der Waals surface area contributed by atoms with E-state index in [0.717, 1.165) is 46.4 Å². The van der Waals surface area contributed by atoms with Crippen LogP contribution in [0.25, 0.3) is 22.2 Å². The van der Waals surface area contributed by atoms with Gasteiger partial charge in [-0.25, -0.2) is 9.78 Å². The molecule has 34 heavy (non-hydrogen) atoms. The second-order valence-electron chi connectivity index (χ2n) is 9.36. The third-order valence-corrected chi connectivity index (χ3v) is 6.22. The number of aryl methyl sites for hydroxylation is 1. The van der Waals surface area contributed by atoms with Gasteiger partial charge in [-0.3, -0.25) is 0 Å². The first-order chi connectivity index (χ1) is 16.2. The predicted octanol–water partition coefficient (Wildman–Crippen LogP) is 7.97. The predicted molar refractivity (Wildman–Crippen MR) is 140 cm³/mol. The minimum Gasteiger partial charge on any atom is -0.456 e. The fourth-order valence-corrected chi connectivity index (χ4v) is 4.29. The number of ether oxygens (including phenoxy) is 1. The molecule has 0 aliphatic carbocycles. The van der Waals surface area contributed by atoms with Crippen LogP contribution < -0.4 is 0 Å². The van der Waals surface area contributed by atoms with Gasteiger partial charge >= 0.3 is 5.97 Å². The number of benzene rings is 3. The smallest absolute Gasteiger partial charge is 0.339 e. The van der Waals surface area contributed by atoms with E-state index in [2.05, 4.69) is 23.6 Å². The van der Waals surface area contributed by atoms with E-state index in [4.69, 9.17) is 32.9 Å². The van der Waals surface area contributed by atoms with Crippen molar-refractivity contribution in [1.29, 1.82) is 0 Å². The highest BCUT2D eigenvalue weighted by Gasteiger charge is 2.21. The van der Waals surface area contributed by atoms with E-state index in [1.165, 1.54) is 0 Å². The highest BCUT2D eigenvalue weighted by molar-refractivity contribution is 6.42. The Bertz CT molecular complexity index is 1340. The lowest BCUT2D eigenvalue weighted by Gasteiger charge is -2.20. The molecule has 0 unspecified atom stereocenters. The molecular formula is C28H28Cl2N2O2. The van der Waals surface area contributed by atoms with Crippen LogP contribution in [-0.4, -0.2) is 21.1 Å². The molecule has 0 aliphatic heterocycles. The lowest BCUT2D eigenvalue weighted by Crippen LogP contribution is -2.24. The maximum absolute atomic E-state index is 12.8. The number of hydrogen-bond donors (Lipinski definition) is 0. The van der Waals surface area contributed by atoms with Crippen LogP contribution in [0.5, 0.6) is 0 Å². The standard InChI is InChI=1S/C28H28Cl2N2O2/c1-5-8-26-31-24-15-22(29)23(30)16-25(24)32(26)17-18-11-13-19(14-12-18)20-9-6-7-10-21(20)27(33)34-28(2,3)4/h6-7,9-16H,5,8,17H2,1-4H3. The summed E-state index contributed by atoms with van der Waals surface area (Å²) in [7, 11) is 0. The molecule has 1 aromatic heterocycles. The van der Waals surface area contributed by atoms with Gasteiger partial charge in [0.2, 0.25) is 0 Å². The van der Waals surface area contributed by atoms with Crippen molar-refractivity contribution in [3.05, 3.63) is 87.7 Å². The van der Waals surface area contributed by atoms with Crippen molar-refractivity contribution in [2.45, 2.75) is 52.7 Å². The van der Waals surface area contributed by atoms with Crippen molar-refractivity contribution in [3.63, 3.8) is 0 Å². The average molecular weight is 495 g/mol. The van der Waals surface area contributed by atoms with Gasteiger partial charge in [0, 0.05) is 13.0 Å². The number of hydrogen-bond acceptors (Lipinski definition) is 3. The van der Waals surface area contributed by atoms with Crippen molar-refractivity contribution in [3.8, 4) is 11.1 Å². The van der Waals surface area contributed by atoms with Crippen molar-refractivity contribution in [2.24, 2.45) is 0 Å². The fourth-order valence-electron chi connectivity index (χ4n) is 3.98. The molecule has 176 valence electrons. The van der Waals surface area contributed by atoms with Crippen LogP contribution in [0, 0.1) is 0 Å². The summed E-state index contributed by atoms with van der Waals surface area (Å²) in [4.78, 5) is 17.5. The summed E-state index contributed by atoms with van der Waals surface area (Å²) in [6, 6.07) is 19.5. The molecule has 4 nitrogen and oxygen atoms in total. The van der Waals surface area contributed by atoms with Gasteiger partial charge in [0.15, 0.2) is 0 Å². The first kappa shape index (κ1) is 24.3. The summed E-state index contributed by atoms with van der Waals surface area (Å²) in [6.45, 7) is 8.42. The lowest BCUT2D eigenvalue weighted by molar-refractivity contribution is 0.00704. The molecule has 0 atom stereocenters. The summed E-state index contributed by atoms with van der Waals surface area (Å²) >= 11 is 12.5. The monoisotopic (exact) mass is 494 g/mol. The van der Waals surface area contributed by atoms with Gasteiger partial charge in [0.25, 0.3) is 0 Å². The maximum Gasteiger partial charge on any atom is 0.339 e. The summed E-state index contributed by atoms with van der Waals surface area (Å²) in [5, 5.41) is 1.03. The Morgan fingerprint density at radius 3 is 2.35 bits per heavy atom. The molecule has 0 bridgehead atoms. The van der Waals surface area contributed by atoms with Gasteiger partial charge in [-0.15, -0.1) is 0 Å². The zero-order chi connectivity index (χ0) is 24.5. The van der Waals surface area contributed by atoms with Crippen LogP contribution in [0.1, 0.15) is 55.9 Å².